The highest BCUT2D eigenvalue weighted by Crippen LogP contribution is 2.36. The van der Waals surface area contributed by atoms with Gasteiger partial charge >= 0.3 is 0 Å². The number of rotatable bonds is 15. The van der Waals surface area contributed by atoms with Crippen molar-refractivity contribution < 1.29 is 37.9 Å². The number of ether oxygens (including phenoxy) is 8. The van der Waals surface area contributed by atoms with Gasteiger partial charge < -0.3 is 37.9 Å². The number of aryl methyl sites for hydroxylation is 2. The lowest BCUT2D eigenvalue weighted by Gasteiger charge is -2.14. The second-order valence-corrected chi connectivity index (χ2v) is 12.5. The van der Waals surface area contributed by atoms with Gasteiger partial charge in [0.1, 0.15) is 0 Å². The van der Waals surface area contributed by atoms with Crippen LogP contribution in [0.25, 0.3) is 34.4 Å². The zero-order valence-electron chi connectivity index (χ0n) is 33.4. The van der Waals surface area contributed by atoms with E-state index >= 15 is 0 Å². The Morgan fingerprint density at radius 3 is 1.38 bits per heavy atom. The van der Waals surface area contributed by atoms with Gasteiger partial charge in [0.2, 0.25) is 0 Å². The minimum absolute atomic E-state index is 0.706. The monoisotopic (exact) mass is 754 g/mol. The first-order valence-corrected chi connectivity index (χ1v) is 18.1. The quantitative estimate of drug-likeness (QED) is 0.0960. The summed E-state index contributed by atoms with van der Waals surface area (Å²) in [6.07, 6.45) is 5.97. The first kappa shape index (κ1) is 40.6. The fraction of sp³-hybridized carbons (Fsp3) is 0.208. The molecular formula is C48H50O8. The lowest BCUT2D eigenvalue weighted by molar-refractivity contribution is 0.354. The van der Waals surface area contributed by atoms with Crippen LogP contribution in [-0.2, 0) is 12.8 Å². The van der Waals surface area contributed by atoms with Crippen LogP contribution in [0.5, 0.6) is 46.0 Å². The highest BCUT2D eigenvalue weighted by atomic mass is 16.5. The van der Waals surface area contributed by atoms with Gasteiger partial charge in [-0.1, -0.05) is 84.9 Å². The summed E-state index contributed by atoms with van der Waals surface area (Å²) in [6, 6.07) is 40.6. The standard InChI is InChI=1S/C24H26O4.C24H24O4/c2*1-25-21-13-10-17(15-23(21)27-3)9-11-18-7-5-6-8-20(18)19-12-14-22(26-2)24(16-19)28-4/h5-8,10,12-16H,9,11H2,1-4H3;5-16H,1-4H3/b;11-9+. The Labute approximate surface area is 330 Å². The lowest BCUT2D eigenvalue weighted by atomic mass is 9.95. The van der Waals surface area contributed by atoms with Crippen LogP contribution in [0, 0.1) is 0 Å². The van der Waals surface area contributed by atoms with E-state index in [9.17, 15) is 0 Å². The van der Waals surface area contributed by atoms with Crippen LogP contribution in [0.15, 0.2) is 121 Å². The summed E-state index contributed by atoms with van der Waals surface area (Å²) in [7, 11) is 13.2. The van der Waals surface area contributed by atoms with E-state index < -0.39 is 0 Å². The molecule has 0 saturated heterocycles. The van der Waals surface area contributed by atoms with Crippen LogP contribution in [0.4, 0.5) is 0 Å². The number of benzene rings is 6. The van der Waals surface area contributed by atoms with Crippen molar-refractivity contribution in [3.05, 3.63) is 144 Å². The van der Waals surface area contributed by atoms with Gasteiger partial charge in [-0.2, -0.15) is 0 Å². The van der Waals surface area contributed by atoms with E-state index in [1.54, 1.807) is 56.9 Å². The second-order valence-electron chi connectivity index (χ2n) is 12.5. The molecule has 0 aliphatic heterocycles. The molecule has 8 heteroatoms. The molecule has 8 nitrogen and oxygen atoms in total. The third-order valence-corrected chi connectivity index (χ3v) is 9.36. The third kappa shape index (κ3) is 9.95. The highest BCUT2D eigenvalue weighted by molar-refractivity contribution is 5.82. The molecule has 0 heterocycles. The van der Waals surface area contributed by atoms with Gasteiger partial charge in [-0.05, 0) is 106 Å². The van der Waals surface area contributed by atoms with Crippen molar-refractivity contribution in [1.82, 2.24) is 0 Å². The van der Waals surface area contributed by atoms with Gasteiger partial charge in [0.05, 0.1) is 56.9 Å². The van der Waals surface area contributed by atoms with Gasteiger partial charge in [0, 0.05) is 0 Å². The summed E-state index contributed by atoms with van der Waals surface area (Å²) in [6.45, 7) is 0. The summed E-state index contributed by atoms with van der Waals surface area (Å²) in [5.74, 6) is 5.81. The Morgan fingerprint density at radius 2 is 0.804 bits per heavy atom. The van der Waals surface area contributed by atoms with E-state index in [4.69, 9.17) is 37.9 Å². The fourth-order valence-corrected chi connectivity index (χ4v) is 6.39. The van der Waals surface area contributed by atoms with Crippen molar-refractivity contribution in [3.8, 4) is 68.2 Å². The summed E-state index contributed by atoms with van der Waals surface area (Å²) >= 11 is 0. The maximum absolute atomic E-state index is 5.46. The Bertz CT molecular complexity index is 2220. The number of hydrogen-bond donors (Lipinski definition) is 0. The van der Waals surface area contributed by atoms with Crippen LogP contribution >= 0.6 is 0 Å². The Hall–Kier alpha value is -6.54. The van der Waals surface area contributed by atoms with Gasteiger partial charge in [-0.25, -0.2) is 0 Å². The van der Waals surface area contributed by atoms with Crippen molar-refractivity contribution in [3.63, 3.8) is 0 Å². The molecule has 0 atom stereocenters. The predicted molar refractivity (Wildman–Crippen MR) is 225 cm³/mol. The average molecular weight is 755 g/mol. The minimum atomic E-state index is 0.706. The molecule has 0 amide bonds. The molecule has 6 rings (SSSR count). The van der Waals surface area contributed by atoms with Crippen molar-refractivity contribution >= 4 is 12.2 Å². The first-order valence-electron chi connectivity index (χ1n) is 18.1. The average Bonchev–Trinajstić information content (AvgIpc) is 3.27. The van der Waals surface area contributed by atoms with E-state index in [1.165, 1.54) is 16.7 Å². The molecule has 6 aromatic rings. The Balaban J connectivity index is 0.000000214. The molecule has 0 aliphatic carbocycles. The molecule has 290 valence electrons. The summed E-state index contributed by atoms with van der Waals surface area (Å²) in [5.41, 5.74) is 9.10. The lowest BCUT2D eigenvalue weighted by Crippen LogP contribution is -1.97. The van der Waals surface area contributed by atoms with Crippen molar-refractivity contribution in [1.29, 1.82) is 0 Å². The number of hydrogen-bond acceptors (Lipinski definition) is 8. The van der Waals surface area contributed by atoms with Gasteiger partial charge in [0.25, 0.3) is 0 Å². The topological polar surface area (TPSA) is 73.8 Å². The van der Waals surface area contributed by atoms with Crippen LogP contribution < -0.4 is 37.9 Å². The second kappa shape index (κ2) is 20.2. The number of methoxy groups -OCH3 is 8. The minimum Gasteiger partial charge on any atom is -0.493 e. The van der Waals surface area contributed by atoms with Crippen molar-refractivity contribution in [2.24, 2.45) is 0 Å². The first-order chi connectivity index (χ1) is 27.4. The molecule has 0 saturated carbocycles. The molecule has 0 radical (unpaired) electrons. The molecule has 0 fully saturated rings. The van der Waals surface area contributed by atoms with Gasteiger partial charge in [-0.3, -0.25) is 0 Å². The molecule has 56 heavy (non-hydrogen) atoms. The summed E-state index contributed by atoms with van der Waals surface area (Å²) in [5, 5.41) is 0. The summed E-state index contributed by atoms with van der Waals surface area (Å²) in [4.78, 5) is 0. The van der Waals surface area contributed by atoms with E-state index in [0.717, 1.165) is 63.7 Å². The Kier molecular flexibility index (Phi) is 14.7. The van der Waals surface area contributed by atoms with E-state index in [1.807, 2.05) is 72.8 Å². The Morgan fingerprint density at radius 1 is 0.357 bits per heavy atom. The van der Waals surface area contributed by atoms with Crippen molar-refractivity contribution in [2.45, 2.75) is 12.8 Å². The molecular weight excluding hydrogens is 705 g/mol. The largest absolute Gasteiger partial charge is 0.493 e. The smallest absolute Gasteiger partial charge is 0.161 e. The van der Waals surface area contributed by atoms with E-state index in [2.05, 4.69) is 60.7 Å². The van der Waals surface area contributed by atoms with Crippen LogP contribution in [0.1, 0.15) is 22.3 Å². The van der Waals surface area contributed by atoms with Crippen LogP contribution in [0.2, 0.25) is 0 Å². The molecule has 0 aliphatic rings. The zero-order valence-corrected chi connectivity index (χ0v) is 33.4. The highest BCUT2D eigenvalue weighted by Gasteiger charge is 2.12. The predicted octanol–water partition coefficient (Wildman–Crippen LogP) is 10.7. The normalized spacial score (nSPS) is 10.6. The van der Waals surface area contributed by atoms with E-state index in [0.29, 0.717) is 23.0 Å². The SMILES string of the molecule is COc1ccc(/C=C/c2ccccc2-c2ccc(OC)c(OC)c2)cc1OC.COc1ccc(CCc2ccccc2-c2ccc(OC)c(OC)c2)cc1OC. The zero-order chi connectivity index (χ0) is 39.9. The van der Waals surface area contributed by atoms with Crippen molar-refractivity contribution in [2.75, 3.05) is 56.9 Å². The van der Waals surface area contributed by atoms with Crippen LogP contribution in [-0.4, -0.2) is 56.9 Å². The maximum atomic E-state index is 5.46. The molecule has 0 N–H and O–H groups in total. The fourth-order valence-electron chi connectivity index (χ4n) is 6.39. The van der Waals surface area contributed by atoms with Gasteiger partial charge in [0.15, 0.2) is 46.0 Å². The molecule has 0 spiro atoms. The van der Waals surface area contributed by atoms with E-state index in [-0.39, 0.29) is 0 Å². The maximum Gasteiger partial charge on any atom is 0.161 e. The molecule has 0 bridgehead atoms. The molecule has 6 aromatic carbocycles. The molecule has 0 aromatic heterocycles. The van der Waals surface area contributed by atoms with Gasteiger partial charge in [-0.15, -0.1) is 0 Å². The third-order valence-electron chi connectivity index (χ3n) is 9.36. The molecule has 0 unspecified atom stereocenters. The summed E-state index contributed by atoms with van der Waals surface area (Å²) < 4.78 is 43.0. The van der Waals surface area contributed by atoms with Crippen LogP contribution in [0.3, 0.4) is 0 Å².